The first kappa shape index (κ1) is 9.59. The van der Waals surface area contributed by atoms with Crippen LogP contribution in [0.1, 0.15) is 15.9 Å². The first-order valence-corrected chi connectivity index (χ1v) is 4.88. The zero-order chi connectivity index (χ0) is 9.84. The summed E-state index contributed by atoms with van der Waals surface area (Å²) in [5, 5.41) is 0. The van der Waals surface area contributed by atoms with Gasteiger partial charge in [0.25, 0.3) is 0 Å². The Kier molecular flexibility index (Phi) is 2.91. The van der Waals surface area contributed by atoms with Crippen molar-refractivity contribution in [1.29, 1.82) is 0 Å². The SMILES string of the molecule is Cc1ccc(C(=O)O[Si](=O)O)cc1. The Morgan fingerprint density at radius 2 is 1.92 bits per heavy atom. The van der Waals surface area contributed by atoms with Gasteiger partial charge in [0, 0.05) is 0 Å². The lowest BCUT2D eigenvalue weighted by Gasteiger charge is -1.98. The highest BCUT2D eigenvalue weighted by atomic mass is 28.3. The van der Waals surface area contributed by atoms with Crippen molar-refractivity contribution in [2.75, 3.05) is 0 Å². The van der Waals surface area contributed by atoms with Crippen LogP contribution in [0.4, 0.5) is 0 Å². The average Bonchev–Trinajstić information content (AvgIpc) is 2.04. The monoisotopic (exact) mass is 196 g/mol. The van der Waals surface area contributed by atoms with E-state index in [2.05, 4.69) is 4.43 Å². The molecule has 0 heterocycles. The summed E-state index contributed by atoms with van der Waals surface area (Å²) >= 11 is 0. The van der Waals surface area contributed by atoms with Gasteiger partial charge in [-0.05, 0) is 19.1 Å². The summed E-state index contributed by atoms with van der Waals surface area (Å²) in [7, 11) is -3.19. The van der Waals surface area contributed by atoms with Crippen LogP contribution in [0.2, 0.25) is 0 Å². The second kappa shape index (κ2) is 3.95. The Morgan fingerprint density at radius 1 is 1.38 bits per heavy atom. The molecule has 5 heteroatoms. The minimum absolute atomic E-state index is 0.276. The van der Waals surface area contributed by atoms with Crippen molar-refractivity contribution in [1.82, 2.24) is 0 Å². The standard InChI is InChI=1S/C8H8O4Si/c1-6-2-4-7(5-3-6)8(9)12-13(10)11/h2-5,10H,1H3. The molecule has 0 aliphatic rings. The van der Waals surface area contributed by atoms with E-state index in [1.807, 2.05) is 6.92 Å². The molecule has 0 radical (unpaired) electrons. The van der Waals surface area contributed by atoms with E-state index in [9.17, 15) is 9.26 Å². The molecule has 0 aromatic heterocycles. The topological polar surface area (TPSA) is 63.6 Å². The molecule has 1 N–H and O–H groups in total. The van der Waals surface area contributed by atoms with Gasteiger partial charge in [-0.1, -0.05) is 17.7 Å². The van der Waals surface area contributed by atoms with Gasteiger partial charge >= 0.3 is 15.1 Å². The molecule has 0 saturated heterocycles. The van der Waals surface area contributed by atoms with Crippen molar-refractivity contribution in [2.45, 2.75) is 6.92 Å². The molecule has 13 heavy (non-hydrogen) atoms. The van der Waals surface area contributed by atoms with Crippen molar-refractivity contribution in [3.63, 3.8) is 0 Å². The van der Waals surface area contributed by atoms with Crippen molar-refractivity contribution in [2.24, 2.45) is 0 Å². The minimum Gasteiger partial charge on any atom is -0.511 e. The van der Waals surface area contributed by atoms with E-state index in [-0.39, 0.29) is 5.56 Å². The van der Waals surface area contributed by atoms with E-state index < -0.39 is 15.1 Å². The quantitative estimate of drug-likeness (QED) is 0.702. The summed E-state index contributed by atoms with van der Waals surface area (Å²) in [6.07, 6.45) is 0. The van der Waals surface area contributed by atoms with Crippen molar-refractivity contribution in [3.05, 3.63) is 35.4 Å². The summed E-state index contributed by atoms with van der Waals surface area (Å²) < 4.78 is 14.3. The van der Waals surface area contributed by atoms with E-state index in [0.29, 0.717) is 0 Å². The highest BCUT2D eigenvalue weighted by Gasteiger charge is 2.13. The molecule has 0 aliphatic carbocycles. The second-order valence-electron chi connectivity index (χ2n) is 2.52. The molecule has 1 aromatic rings. The van der Waals surface area contributed by atoms with Gasteiger partial charge in [0.05, 0.1) is 5.56 Å². The van der Waals surface area contributed by atoms with Crippen LogP contribution >= 0.6 is 0 Å². The van der Waals surface area contributed by atoms with E-state index in [0.717, 1.165) is 5.56 Å². The average molecular weight is 196 g/mol. The van der Waals surface area contributed by atoms with Gasteiger partial charge in [0.2, 0.25) is 0 Å². The molecule has 0 spiro atoms. The number of benzene rings is 1. The molecular weight excluding hydrogens is 188 g/mol. The van der Waals surface area contributed by atoms with Gasteiger partial charge in [-0.25, -0.2) is 4.79 Å². The third-order valence-electron chi connectivity index (χ3n) is 1.47. The molecule has 0 atom stereocenters. The number of carbonyl (C=O) groups is 1. The molecule has 0 aliphatic heterocycles. The van der Waals surface area contributed by atoms with Gasteiger partial charge in [-0.15, -0.1) is 0 Å². The van der Waals surface area contributed by atoms with Crippen LogP contribution in [0.15, 0.2) is 24.3 Å². The fourth-order valence-electron chi connectivity index (χ4n) is 0.828. The Bertz CT molecular complexity index is 331. The normalized spacial score (nSPS) is 9.31. The third-order valence-corrected chi connectivity index (χ3v) is 1.83. The Morgan fingerprint density at radius 3 is 2.38 bits per heavy atom. The predicted molar refractivity (Wildman–Crippen MR) is 45.3 cm³/mol. The van der Waals surface area contributed by atoms with Crippen LogP contribution in [0, 0.1) is 6.92 Å². The van der Waals surface area contributed by atoms with Crippen LogP contribution in [0.25, 0.3) is 0 Å². The summed E-state index contributed by atoms with van der Waals surface area (Å²) in [5.41, 5.74) is 1.28. The van der Waals surface area contributed by atoms with Gasteiger partial charge in [0.1, 0.15) is 0 Å². The molecule has 0 bridgehead atoms. The molecule has 0 fully saturated rings. The first-order chi connectivity index (χ1) is 6.09. The van der Waals surface area contributed by atoms with Crippen LogP contribution in [-0.2, 0) is 8.89 Å². The van der Waals surface area contributed by atoms with Crippen LogP contribution in [-0.4, -0.2) is 19.9 Å². The molecule has 0 saturated carbocycles. The maximum absolute atomic E-state index is 11.0. The lowest BCUT2D eigenvalue weighted by Crippen LogP contribution is -2.13. The zero-order valence-electron chi connectivity index (χ0n) is 6.98. The lowest BCUT2D eigenvalue weighted by atomic mass is 10.2. The van der Waals surface area contributed by atoms with Gasteiger partial charge < -0.3 is 9.22 Å². The predicted octanol–water partition coefficient (Wildman–Crippen LogP) is 0.560. The van der Waals surface area contributed by atoms with Crippen LogP contribution in [0.3, 0.4) is 0 Å². The maximum atomic E-state index is 11.0. The summed E-state index contributed by atoms with van der Waals surface area (Å²) in [5.74, 6) is -0.772. The largest absolute Gasteiger partial charge is 0.772 e. The Labute approximate surface area is 76.7 Å². The second-order valence-corrected chi connectivity index (χ2v) is 3.26. The van der Waals surface area contributed by atoms with Gasteiger partial charge in [0.15, 0.2) is 0 Å². The van der Waals surface area contributed by atoms with Crippen LogP contribution < -0.4 is 0 Å². The third kappa shape index (κ3) is 2.79. The van der Waals surface area contributed by atoms with Crippen molar-refractivity contribution >= 4 is 15.1 Å². The lowest BCUT2D eigenvalue weighted by molar-refractivity contribution is 0.0685. The molecule has 1 rings (SSSR count). The number of rotatable bonds is 2. The van der Waals surface area contributed by atoms with Crippen molar-refractivity contribution < 1.29 is 18.5 Å². The number of hydrogen-bond acceptors (Lipinski definition) is 3. The smallest absolute Gasteiger partial charge is 0.511 e. The number of hydrogen-bond donors (Lipinski definition) is 1. The molecule has 0 unspecified atom stereocenters. The Hall–Kier alpha value is -1.49. The fraction of sp³-hybridized carbons (Fsp3) is 0.125. The number of carbonyl (C=O) groups excluding carboxylic acids is 1. The number of aryl methyl sites for hydroxylation is 1. The molecule has 4 nitrogen and oxygen atoms in total. The van der Waals surface area contributed by atoms with Crippen molar-refractivity contribution in [3.8, 4) is 0 Å². The first-order valence-electron chi connectivity index (χ1n) is 3.61. The zero-order valence-corrected chi connectivity index (χ0v) is 7.98. The van der Waals surface area contributed by atoms with Gasteiger partial charge in [-0.3, -0.25) is 4.46 Å². The maximum Gasteiger partial charge on any atom is 0.772 e. The molecule has 0 amide bonds. The highest BCUT2D eigenvalue weighted by molar-refractivity contribution is 6.29. The van der Waals surface area contributed by atoms with E-state index in [1.54, 1.807) is 24.3 Å². The van der Waals surface area contributed by atoms with Crippen LogP contribution in [0.5, 0.6) is 0 Å². The van der Waals surface area contributed by atoms with E-state index in [4.69, 9.17) is 4.80 Å². The summed E-state index contributed by atoms with van der Waals surface area (Å²) in [4.78, 5) is 19.4. The highest BCUT2D eigenvalue weighted by Crippen LogP contribution is 2.04. The van der Waals surface area contributed by atoms with Gasteiger partial charge in [-0.2, -0.15) is 0 Å². The molecule has 68 valence electrons. The molecule has 1 aromatic carbocycles. The summed E-state index contributed by atoms with van der Waals surface area (Å²) in [6, 6.07) is 6.54. The Balaban J connectivity index is 2.78. The molecular formula is C8H8O4Si. The summed E-state index contributed by atoms with van der Waals surface area (Å²) in [6.45, 7) is 1.88. The van der Waals surface area contributed by atoms with E-state index in [1.165, 1.54) is 0 Å². The minimum atomic E-state index is -3.19. The fourth-order valence-corrected chi connectivity index (χ4v) is 1.10. The van der Waals surface area contributed by atoms with E-state index >= 15 is 0 Å².